The summed E-state index contributed by atoms with van der Waals surface area (Å²) in [5, 5.41) is 2.74. The van der Waals surface area contributed by atoms with Gasteiger partial charge in [-0.05, 0) is 51.1 Å². The van der Waals surface area contributed by atoms with Crippen molar-refractivity contribution in [2.24, 2.45) is 0 Å². The summed E-state index contributed by atoms with van der Waals surface area (Å²) >= 11 is 0. The third-order valence-corrected chi connectivity index (χ3v) is 7.27. The zero-order chi connectivity index (χ0) is 29.9. The van der Waals surface area contributed by atoms with Gasteiger partial charge in [0.1, 0.15) is 5.82 Å². The molecule has 12 heteroatoms. The molecule has 1 saturated heterocycles. The van der Waals surface area contributed by atoms with Gasteiger partial charge in [-0.25, -0.2) is 14.0 Å². The van der Waals surface area contributed by atoms with Crippen LogP contribution in [0.5, 0.6) is 0 Å². The highest BCUT2D eigenvalue weighted by Crippen LogP contribution is 2.34. The fraction of sp³-hybridized carbons (Fsp3) is 0.414. The maximum Gasteiger partial charge on any atom is 0.416 e. The molecular formula is C29H32F4N4O4. The normalized spacial score (nSPS) is 20.2. The van der Waals surface area contributed by atoms with Crippen LogP contribution in [0.2, 0.25) is 0 Å². The van der Waals surface area contributed by atoms with Crippen molar-refractivity contribution in [3.63, 3.8) is 0 Å². The Hall–Kier alpha value is -3.93. The van der Waals surface area contributed by atoms with E-state index in [1.54, 1.807) is 24.8 Å². The Morgan fingerprint density at radius 1 is 1.05 bits per heavy atom. The zero-order valence-electron chi connectivity index (χ0n) is 23.0. The molecule has 0 aromatic heterocycles. The quantitative estimate of drug-likeness (QED) is 0.385. The van der Waals surface area contributed by atoms with Crippen LogP contribution in [0.15, 0.2) is 59.8 Å². The molecule has 1 fully saturated rings. The van der Waals surface area contributed by atoms with Crippen LogP contribution in [-0.2, 0) is 15.7 Å². The first kappa shape index (κ1) is 30.0. The molecule has 220 valence electrons. The molecule has 2 aromatic rings. The number of alkyl halides is 3. The lowest BCUT2D eigenvalue weighted by molar-refractivity contribution is -0.139. The van der Waals surface area contributed by atoms with Gasteiger partial charge in [-0.2, -0.15) is 13.2 Å². The van der Waals surface area contributed by atoms with E-state index in [1.165, 1.54) is 35.2 Å². The molecule has 2 aliphatic rings. The molecule has 41 heavy (non-hydrogen) atoms. The number of nitrogens with one attached hydrogen (secondary N) is 1. The molecular weight excluding hydrogens is 544 g/mol. The summed E-state index contributed by atoms with van der Waals surface area (Å²) in [4.78, 5) is 44.5. The van der Waals surface area contributed by atoms with Crippen molar-refractivity contribution in [3.8, 4) is 0 Å². The standard InChI is InChI=1S/C29H32F4N4O4/c1-4-36-23(24(27(39)41-5-2)25(34-28(36)40)21-8-6-7-9-22(21)30)17-35-14-15-37(18(3)16-35)26(38)19-10-12-20(13-11-19)29(31,32)33/h6-13,18,25H,4-5,14-17H2,1-3H3,(H,34,40)/t18-,25+/m1/s1. The Kier molecular flexibility index (Phi) is 9.01. The number of halogens is 4. The molecule has 8 nitrogen and oxygen atoms in total. The van der Waals surface area contributed by atoms with E-state index in [2.05, 4.69) is 5.32 Å². The number of carbonyl (C=O) groups is 3. The van der Waals surface area contributed by atoms with Crippen molar-refractivity contribution in [1.82, 2.24) is 20.0 Å². The number of benzene rings is 2. The summed E-state index contributed by atoms with van der Waals surface area (Å²) in [6.07, 6.45) is -4.49. The topological polar surface area (TPSA) is 82.2 Å². The van der Waals surface area contributed by atoms with Crippen molar-refractivity contribution in [1.29, 1.82) is 0 Å². The Labute approximate surface area is 235 Å². The number of hydrogen-bond acceptors (Lipinski definition) is 5. The molecule has 0 bridgehead atoms. The average molecular weight is 577 g/mol. The smallest absolute Gasteiger partial charge is 0.416 e. The largest absolute Gasteiger partial charge is 0.463 e. The predicted octanol–water partition coefficient (Wildman–Crippen LogP) is 4.59. The fourth-order valence-electron chi connectivity index (χ4n) is 5.26. The highest BCUT2D eigenvalue weighted by molar-refractivity contribution is 5.95. The van der Waals surface area contributed by atoms with Crippen LogP contribution in [0.3, 0.4) is 0 Å². The first-order valence-corrected chi connectivity index (χ1v) is 13.4. The van der Waals surface area contributed by atoms with Crippen LogP contribution < -0.4 is 5.32 Å². The molecule has 1 N–H and O–H groups in total. The maximum absolute atomic E-state index is 14.8. The van der Waals surface area contributed by atoms with Crippen LogP contribution in [0.1, 0.15) is 48.3 Å². The number of nitrogens with zero attached hydrogens (tertiary/aromatic N) is 3. The van der Waals surface area contributed by atoms with Gasteiger partial charge in [-0.3, -0.25) is 14.6 Å². The van der Waals surface area contributed by atoms with Gasteiger partial charge in [-0.15, -0.1) is 0 Å². The molecule has 0 saturated carbocycles. The predicted molar refractivity (Wildman–Crippen MR) is 142 cm³/mol. The zero-order valence-corrected chi connectivity index (χ0v) is 23.0. The average Bonchev–Trinajstić information content (AvgIpc) is 2.92. The highest BCUT2D eigenvalue weighted by Gasteiger charge is 2.40. The van der Waals surface area contributed by atoms with E-state index < -0.39 is 35.6 Å². The van der Waals surface area contributed by atoms with Crippen molar-refractivity contribution in [2.75, 3.05) is 39.3 Å². The molecule has 0 unspecified atom stereocenters. The molecule has 0 spiro atoms. The van der Waals surface area contributed by atoms with Gasteiger partial charge in [0, 0.05) is 55.6 Å². The van der Waals surface area contributed by atoms with Gasteiger partial charge >= 0.3 is 18.2 Å². The lowest BCUT2D eigenvalue weighted by Crippen LogP contribution is -2.56. The van der Waals surface area contributed by atoms with Crippen molar-refractivity contribution in [3.05, 3.63) is 82.3 Å². The number of ether oxygens (including phenoxy) is 1. The lowest BCUT2D eigenvalue weighted by Gasteiger charge is -2.43. The summed E-state index contributed by atoms with van der Waals surface area (Å²) in [5.41, 5.74) is -0.0211. The molecule has 3 amide bonds. The maximum atomic E-state index is 14.8. The minimum atomic E-state index is -4.49. The van der Waals surface area contributed by atoms with Gasteiger partial charge in [-0.1, -0.05) is 18.2 Å². The summed E-state index contributed by atoms with van der Waals surface area (Å²) in [6, 6.07) is 8.16. The Morgan fingerprint density at radius 2 is 1.73 bits per heavy atom. The Balaban J connectivity index is 1.59. The molecule has 2 heterocycles. The Bertz CT molecular complexity index is 1330. The third kappa shape index (κ3) is 6.37. The van der Waals surface area contributed by atoms with E-state index >= 15 is 0 Å². The fourth-order valence-corrected chi connectivity index (χ4v) is 5.26. The SMILES string of the molecule is CCOC(=O)C1=C(CN2CCN(C(=O)c3ccc(C(F)(F)F)cc3)[C@H](C)C2)N(CC)C(=O)N[C@H]1c1ccccc1F. The number of amides is 3. The van der Waals surface area contributed by atoms with E-state index in [4.69, 9.17) is 4.74 Å². The van der Waals surface area contributed by atoms with Crippen molar-refractivity contribution >= 4 is 17.9 Å². The number of piperazine rings is 1. The number of carbonyl (C=O) groups excluding carboxylic acids is 3. The number of esters is 1. The Morgan fingerprint density at radius 3 is 2.32 bits per heavy atom. The minimum Gasteiger partial charge on any atom is -0.463 e. The van der Waals surface area contributed by atoms with Crippen LogP contribution in [0.25, 0.3) is 0 Å². The van der Waals surface area contributed by atoms with Crippen LogP contribution in [0, 0.1) is 5.82 Å². The second-order valence-electron chi connectivity index (χ2n) is 9.89. The van der Waals surface area contributed by atoms with Gasteiger partial charge < -0.3 is 15.0 Å². The monoisotopic (exact) mass is 576 g/mol. The summed E-state index contributed by atoms with van der Waals surface area (Å²) in [5.74, 6) is -1.63. The number of likely N-dealkylation sites (N-methyl/N-ethyl adjacent to an activating group) is 1. The van der Waals surface area contributed by atoms with Crippen molar-refractivity contribution < 1.29 is 36.7 Å². The van der Waals surface area contributed by atoms with Crippen LogP contribution in [0.4, 0.5) is 22.4 Å². The van der Waals surface area contributed by atoms with Gasteiger partial charge in [0.15, 0.2) is 0 Å². The summed E-state index contributed by atoms with van der Waals surface area (Å²) in [7, 11) is 0. The minimum absolute atomic E-state index is 0.0848. The number of urea groups is 1. The lowest BCUT2D eigenvalue weighted by atomic mass is 9.93. The summed E-state index contributed by atoms with van der Waals surface area (Å²) < 4.78 is 59.0. The second-order valence-corrected chi connectivity index (χ2v) is 9.89. The third-order valence-electron chi connectivity index (χ3n) is 7.27. The summed E-state index contributed by atoms with van der Waals surface area (Å²) in [6.45, 7) is 6.75. The van der Waals surface area contributed by atoms with Crippen molar-refractivity contribution in [2.45, 2.75) is 39.0 Å². The van der Waals surface area contributed by atoms with E-state index in [9.17, 15) is 31.9 Å². The molecule has 2 aromatic carbocycles. The number of rotatable bonds is 7. The first-order chi connectivity index (χ1) is 19.5. The van der Waals surface area contributed by atoms with Gasteiger partial charge in [0.25, 0.3) is 5.91 Å². The van der Waals surface area contributed by atoms with E-state index in [-0.39, 0.29) is 54.9 Å². The van der Waals surface area contributed by atoms with E-state index in [0.717, 1.165) is 12.1 Å². The van der Waals surface area contributed by atoms with Crippen LogP contribution >= 0.6 is 0 Å². The first-order valence-electron chi connectivity index (χ1n) is 13.4. The second kappa shape index (κ2) is 12.3. The molecule has 0 radical (unpaired) electrons. The molecule has 4 rings (SSSR count). The van der Waals surface area contributed by atoms with E-state index in [1.807, 2.05) is 11.8 Å². The molecule has 2 aliphatic heterocycles. The van der Waals surface area contributed by atoms with E-state index in [0.29, 0.717) is 18.8 Å². The van der Waals surface area contributed by atoms with Gasteiger partial charge in [0.2, 0.25) is 0 Å². The molecule has 2 atom stereocenters. The number of hydrogen-bond donors (Lipinski definition) is 1. The van der Waals surface area contributed by atoms with Gasteiger partial charge in [0.05, 0.1) is 23.8 Å². The highest BCUT2D eigenvalue weighted by atomic mass is 19.4. The van der Waals surface area contributed by atoms with Crippen LogP contribution in [-0.4, -0.2) is 78.0 Å². The molecule has 0 aliphatic carbocycles.